The first-order chi connectivity index (χ1) is 23.3. The standard InChI is InChI=1S/C41H56O7Si/c1-39(2,3)49(35-19-13-9-14-20-35,36-21-15-10-16-22-36)45-26-25-33(43-29-31-17-11-8-12-18-31)27-32(42)23-24-37-38(48-41(6,7)47-37)28-34-30-44-40(4,5)46-34/h8-24,32-34,37-38,42H,25-30H2,1-7H3/t32-,33+,34+,37-,38-/m1/s1. The Kier molecular flexibility index (Phi) is 12.4. The Morgan fingerprint density at radius 3 is 1.98 bits per heavy atom. The normalized spacial score (nSPS) is 23.6. The number of hydrogen-bond donors (Lipinski definition) is 1. The Labute approximate surface area is 294 Å². The zero-order chi connectivity index (χ0) is 35.1. The lowest BCUT2D eigenvalue weighted by Crippen LogP contribution is -2.66. The van der Waals surface area contributed by atoms with Crippen molar-refractivity contribution < 1.29 is 33.2 Å². The van der Waals surface area contributed by atoms with Gasteiger partial charge in [0.1, 0.15) is 6.10 Å². The van der Waals surface area contributed by atoms with E-state index in [1.54, 1.807) is 0 Å². The number of rotatable bonds is 15. The lowest BCUT2D eigenvalue weighted by Gasteiger charge is -2.43. The fraction of sp³-hybridized carbons (Fsp3) is 0.512. The number of ether oxygens (including phenoxy) is 5. The minimum absolute atomic E-state index is 0.0790. The Bertz CT molecular complexity index is 1420. The van der Waals surface area contributed by atoms with Crippen LogP contribution in [0.5, 0.6) is 0 Å². The third-order valence-corrected chi connectivity index (χ3v) is 14.4. The zero-order valence-electron chi connectivity index (χ0n) is 30.3. The van der Waals surface area contributed by atoms with Crippen LogP contribution in [0.1, 0.15) is 73.3 Å². The predicted molar refractivity (Wildman–Crippen MR) is 196 cm³/mol. The van der Waals surface area contributed by atoms with Gasteiger partial charge in [-0.05, 0) is 55.1 Å². The highest BCUT2D eigenvalue weighted by Crippen LogP contribution is 2.37. The van der Waals surface area contributed by atoms with E-state index < -0.39 is 26.0 Å². The fourth-order valence-corrected chi connectivity index (χ4v) is 11.7. The molecule has 2 heterocycles. The maximum absolute atomic E-state index is 11.4. The van der Waals surface area contributed by atoms with Gasteiger partial charge in [-0.1, -0.05) is 124 Å². The van der Waals surface area contributed by atoms with Crippen molar-refractivity contribution in [3.63, 3.8) is 0 Å². The van der Waals surface area contributed by atoms with E-state index in [1.165, 1.54) is 10.4 Å². The molecular formula is C41H56O7Si. The Hall–Kier alpha value is -2.66. The van der Waals surface area contributed by atoms with E-state index in [2.05, 4.69) is 93.6 Å². The molecule has 0 amide bonds. The van der Waals surface area contributed by atoms with Crippen molar-refractivity contribution in [2.24, 2.45) is 0 Å². The van der Waals surface area contributed by atoms with Gasteiger partial charge in [-0.2, -0.15) is 0 Å². The second-order valence-electron chi connectivity index (χ2n) is 15.2. The number of benzene rings is 3. The van der Waals surface area contributed by atoms with Crippen molar-refractivity contribution >= 4 is 18.7 Å². The smallest absolute Gasteiger partial charge is 0.261 e. The van der Waals surface area contributed by atoms with Gasteiger partial charge in [0, 0.05) is 19.4 Å². The zero-order valence-corrected chi connectivity index (χ0v) is 31.3. The van der Waals surface area contributed by atoms with Gasteiger partial charge in [-0.25, -0.2) is 0 Å². The molecule has 7 nitrogen and oxygen atoms in total. The summed E-state index contributed by atoms with van der Waals surface area (Å²) < 4.78 is 38.0. The van der Waals surface area contributed by atoms with Crippen molar-refractivity contribution in [3.05, 3.63) is 109 Å². The number of aliphatic hydroxyl groups is 1. The van der Waals surface area contributed by atoms with Gasteiger partial charge in [0.25, 0.3) is 8.32 Å². The molecule has 5 rings (SSSR count). The van der Waals surface area contributed by atoms with E-state index in [4.69, 9.17) is 28.1 Å². The second-order valence-corrected chi connectivity index (χ2v) is 19.5. The summed E-state index contributed by atoms with van der Waals surface area (Å²) in [5.74, 6) is -1.34. The number of hydrogen-bond acceptors (Lipinski definition) is 7. The largest absolute Gasteiger partial charge is 0.407 e. The van der Waals surface area contributed by atoms with Gasteiger partial charge < -0.3 is 33.2 Å². The van der Waals surface area contributed by atoms with Gasteiger partial charge in [-0.15, -0.1) is 0 Å². The maximum atomic E-state index is 11.4. The molecule has 0 aliphatic carbocycles. The van der Waals surface area contributed by atoms with Crippen molar-refractivity contribution in [1.82, 2.24) is 0 Å². The van der Waals surface area contributed by atoms with Crippen LogP contribution in [0.2, 0.25) is 5.04 Å². The third-order valence-electron chi connectivity index (χ3n) is 9.32. The topological polar surface area (TPSA) is 75.6 Å². The van der Waals surface area contributed by atoms with Crippen molar-refractivity contribution in [3.8, 4) is 0 Å². The monoisotopic (exact) mass is 688 g/mol. The Morgan fingerprint density at radius 2 is 1.43 bits per heavy atom. The summed E-state index contributed by atoms with van der Waals surface area (Å²) in [6.45, 7) is 16.0. The summed E-state index contributed by atoms with van der Waals surface area (Å²) >= 11 is 0. The molecule has 2 fully saturated rings. The molecule has 3 aromatic rings. The summed E-state index contributed by atoms with van der Waals surface area (Å²) in [5, 5.41) is 13.7. The molecule has 2 aliphatic rings. The highest BCUT2D eigenvalue weighted by molar-refractivity contribution is 6.99. The maximum Gasteiger partial charge on any atom is 0.261 e. The molecule has 266 valence electrons. The highest BCUT2D eigenvalue weighted by Gasteiger charge is 2.50. The molecule has 0 saturated carbocycles. The molecule has 49 heavy (non-hydrogen) atoms. The van der Waals surface area contributed by atoms with Crippen LogP contribution in [0, 0.1) is 0 Å². The molecule has 5 atom stereocenters. The molecule has 0 unspecified atom stereocenters. The van der Waals surface area contributed by atoms with E-state index in [1.807, 2.05) is 58.0 Å². The molecule has 2 saturated heterocycles. The van der Waals surface area contributed by atoms with Crippen LogP contribution >= 0.6 is 0 Å². The highest BCUT2D eigenvalue weighted by atomic mass is 28.4. The van der Waals surface area contributed by atoms with Crippen molar-refractivity contribution in [2.45, 2.75) is 121 Å². The molecule has 3 aromatic carbocycles. The summed E-state index contributed by atoms with van der Waals surface area (Å²) in [4.78, 5) is 0. The second kappa shape index (κ2) is 16.1. The summed E-state index contributed by atoms with van der Waals surface area (Å²) in [7, 11) is -2.70. The molecule has 0 spiro atoms. The molecule has 8 heteroatoms. The molecule has 0 radical (unpaired) electrons. The van der Waals surface area contributed by atoms with E-state index in [0.29, 0.717) is 39.1 Å². The quantitative estimate of drug-likeness (QED) is 0.138. The lowest BCUT2D eigenvalue weighted by molar-refractivity contribution is -0.154. The van der Waals surface area contributed by atoms with Crippen molar-refractivity contribution in [1.29, 1.82) is 0 Å². The first-order valence-electron chi connectivity index (χ1n) is 17.7. The van der Waals surface area contributed by atoms with E-state index in [9.17, 15) is 5.11 Å². The summed E-state index contributed by atoms with van der Waals surface area (Å²) in [6, 6.07) is 31.5. The van der Waals surface area contributed by atoms with Gasteiger partial charge in [0.2, 0.25) is 0 Å². The first kappa shape index (κ1) is 37.6. The van der Waals surface area contributed by atoms with Crippen LogP contribution in [0.3, 0.4) is 0 Å². The molecule has 2 aliphatic heterocycles. The van der Waals surface area contributed by atoms with E-state index in [0.717, 1.165) is 5.56 Å². The third kappa shape index (κ3) is 9.99. The van der Waals surface area contributed by atoms with Gasteiger partial charge >= 0.3 is 0 Å². The predicted octanol–water partition coefficient (Wildman–Crippen LogP) is 6.91. The summed E-state index contributed by atoms with van der Waals surface area (Å²) in [6.07, 6.45) is 3.84. The average Bonchev–Trinajstić information content (AvgIpc) is 3.56. The minimum Gasteiger partial charge on any atom is -0.407 e. The van der Waals surface area contributed by atoms with Crippen molar-refractivity contribution in [2.75, 3.05) is 13.2 Å². The average molecular weight is 689 g/mol. The fourth-order valence-electron chi connectivity index (χ4n) is 7.10. The Morgan fingerprint density at radius 1 is 0.837 bits per heavy atom. The van der Waals surface area contributed by atoms with Crippen LogP contribution in [-0.4, -0.2) is 68.7 Å². The van der Waals surface area contributed by atoms with Gasteiger partial charge in [0.15, 0.2) is 11.6 Å². The van der Waals surface area contributed by atoms with Crippen LogP contribution in [0.25, 0.3) is 0 Å². The van der Waals surface area contributed by atoms with Crippen LogP contribution in [0.15, 0.2) is 103 Å². The molecule has 0 aromatic heterocycles. The SMILES string of the molecule is CC1(C)OC[C@H](C[C@H]2OC(C)(C)O[C@@H]2C=C[C@@H](O)C[C@H](CCO[Si](c2ccccc2)(c2ccccc2)C(C)(C)C)OCc2ccccc2)O1. The van der Waals surface area contributed by atoms with Crippen LogP contribution in [0.4, 0.5) is 0 Å². The molecule has 0 bridgehead atoms. The lowest BCUT2D eigenvalue weighted by atomic mass is 10.0. The van der Waals surface area contributed by atoms with Crippen LogP contribution in [-0.2, 0) is 34.7 Å². The molecular weight excluding hydrogens is 633 g/mol. The Balaban J connectivity index is 1.30. The summed E-state index contributed by atoms with van der Waals surface area (Å²) in [5.41, 5.74) is 1.09. The van der Waals surface area contributed by atoms with E-state index in [-0.39, 0.29) is 29.5 Å². The van der Waals surface area contributed by atoms with E-state index >= 15 is 0 Å². The van der Waals surface area contributed by atoms with Gasteiger partial charge in [0.05, 0.1) is 37.6 Å². The molecule has 1 N–H and O–H groups in total. The van der Waals surface area contributed by atoms with Crippen LogP contribution < -0.4 is 10.4 Å². The first-order valence-corrected chi connectivity index (χ1v) is 19.6. The minimum atomic E-state index is -2.70. The number of aliphatic hydroxyl groups excluding tert-OH is 1. The van der Waals surface area contributed by atoms with Gasteiger partial charge in [-0.3, -0.25) is 0 Å².